The van der Waals surface area contributed by atoms with E-state index in [4.69, 9.17) is 28.4 Å². The Bertz CT molecular complexity index is 857. The van der Waals surface area contributed by atoms with E-state index in [0.29, 0.717) is 19.8 Å². The molecule has 172 valence electrons. The van der Waals surface area contributed by atoms with Crippen molar-refractivity contribution < 1.29 is 28.4 Å². The third-order valence-corrected chi connectivity index (χ3v) is 6.23. The molecule has 6 nitrogen and oxygen atoms in total. The molecule has 6 heteroatoms. The quantitative estimate of drug-likeness (QED) is 0.613. The van der Waals surface area contributed by atoms with Crippen molar-refractivity contribution in [2.45, 2.75) is 82.5 Å². The fraction of sp³-hybridized carbons (Fsp3) is 0.538. The lowest BCUT2D eigenvalue weighted by molar-refractivity contribution is -0.233. The summed E-state index contributed by atoms with van der Waals surface area (Å²) in [6.07, 6.45) is 0.636. The van der Waals surface area contributed by atoms with Gasteiger partial charge in [-0.1, -0.05) is 60.7 Å². The highest BCUT2D eigenvalue weighted by atomic mass is 16.8. The van der Waals surface area contributed by atoms with E-state index in [9.17, 15) is 0 Å². The minimum absolute atomic E-state index is 0.0563. The first-order valence-electron chi connectivity index (χ1n) is 11.5. The van der Waals surface area contributed by atoms with Gasteiger partial charge < -0.3 is 28.4 Å². The molecule has 32 heavy (non-hydrogen) atoms. The highest BCUT2D eigenvalue weighted by Crippen LogP contribution is 2.42. The zero-order valence-electron chi connectivity index (χ0n) is 18.7. The normalized spacial score (nSPS) is 33.4. The lowest BCUT2D eigenvalue weighted by Crippen LogP contribution is -2.42. The lowest BCUT2D eigenvalue weighted by Gasteiger charge is -2.29. The van der Waals surface area contributed by atoms with Gasteiger partial charge in [0.15, 0.2) is 12.1 Å². The third-order valence-electron chi connectivity index (χ3n) is 6.23. The molecule has 0 spiro atoms. The summed E-state index contributed by atoms with van der Waals surface area (Å²) in [5.74, 6) is -0.682. The molecule has 3 heterocycles. The first kappa shape index (κ1) is 22.0. The molecule has 0 aliphatic carbocycles. The largest absolute Gasteiger partial charge is 0.374 e. The SMILES string of the molecule is CC1(C)O[C@H]2O[C@H]([C@@H]3CC[C@H](COCc4ccccc4)O3)[C@H](OCc3ccccc3)[C@H]2O1. The predicted molar refractivity (Wildman–Crippen MR) is 118 cm³/mol. The highest BCUT2D eigenvalue weighted by molar-refractivity contribution is 5.14. The van der Waals surface area contributed by atoms with Crippen LogP contribution in [0.4, 0.5) is 0 Å². The van der Waals surface area contributed by atoms with Gasteiger partial charge in [-0.05, 0) is 37.8 Å². The Morgan fingerprint density at radius 2 is 1.50 bits per heavy atom. The molecule has 3 aliphatic heterocycles. The van der Waals surface area contributed by atoms with Gasteiger partial charge in [0, 0.05) is 0 Å². The highest BCUT2D eigenvalue weighted by Gasteiger charge is 2.58. The molecule has 0 unspecified atom stereocenters. The maximum atomic E-state index is 6.35. The van der Waals surface area contributed by atoms with Crippen molar-refractivity contribution in [3.05, 3.63) is 71.8 Å². The number of ether oxygens (including phenoxy) is 6. The molecule has 3 saturated heterocycles. The Balaban J connectivity index is 1.18. The summed E-state index contributed by atoms with van der Waals surface area (Å²) in [7, 11) is 0. The number of rotatable bonds is 8. The molecule has 3 fully saturated rings. The van der Waals surface area contributed by atoms with E-state index in [-0.39, 0.29) is 30.5 Å². The number of benzene rings is 2. The Hall–Kier alpha value is -1.80. The second kappa shape index (κ2) is 9.59. The summed E-state index contributed by atoms with van der Waals surface area (Å²) in [4.78, 5) is 0. The number of hydrogen-bond donors (Lipinski definition) is 0. The van der Waals surface area contributed by atoms with Crippen molar-refractivity contribution in [2.75, 3.05) is 6.61 Å². The van der Waals surface area contributed by atoms with Crippen molar-refractivity contribution in [3.8, 4) is 0 Å². The summed E-state index contributed by atoms with van der Waals surface area (Å²) in [5, 5.41) is 0. The van der Waals surface area contributed by atoms with Gasteiger partial charge in [-0.3, -0.25) is 0 Å². The molecule has 0 saturated carbocycles. The van der Waals surface area contributed by atoms with Gasteiger partial charge in [0.25, 0.3) is 0 Å². The van der Waals surface area contributed by atoms with E-state index in [0.717, 1.165) is 18.4 Å². The van der Waals surface area contributed by atoms with E-state index >= 15 is 0 Å². The minimum atomic E-state index is -0.682. The van der Waals surface area contributed by atoms with Gasteiger partial charge in [0.1, 0.15) is 18.3 Å². The van der Waals surface area contributed by atoms with Crippen LogP contribution >= 0.6 is 0 Å². The Morgan fingerprint density at radius 3 is 2.22 bits per heavy atom. The van der Waals surface area contributed by atoms with Crippen LogP contribution in [0.15, 0.2) is 60.7 Å². The third kappa shape index (κ3) is 5.06. The summed E-state index contributed by atoms with van der Waals surface area (Å²) in [6.45, 7) is 5.47. The van der Waals surface area contributed by atoms with Crippen molar-refractivity contribution in [2.24, 2.45) is 0 Å². The monoisotopic (exact) mass is 440 g/mol. The predicted octanol–water partition coefficient (Wildman–Crippen LogP) is 4.21. The average Bonchev–Trinajstić information content (AvgIpc) is 3.46. The molecule has 0 bridgehead atoms. The van der Waals surface area contributed by atoms with Gasteiger partial charge in [0.2, 0.25) is 0 Å². The summed E-state index contributed by atoms with van der Waals surface area (Å²) < 4.78 is 37.0. The lowest BCUT2D eigenvalue weighted by atomic mass is 10.0. The Labute approximate surface area is 189 Å². The molecule has 0 N–H and O–H groups in total. The summed E-state index contributed by atoms with van der Waals surface area (Å²) in [5.41, 5.74) is 2.28. The van der Waals surface area contributed by atoms with Gasteiger partial charge >= 0.3 is 0 Å². The Kier molecular flexibility index (Phi) is 6.60. The molecule has 0 amide bonds. The molecule has 5 rings (SSSR count). The fourth-order valence-electron chi connectivity index (χ4n) is 4.74. The minimum Gasteiger partial charge on any atom is -0.374 e. The molecule has 2 aromatic rings. The van der Waals surface area contributed by atoms with Crippen LogP contribution in [0.1, 0.15) is 37.8 Å². The topological polar surface area (TPSA) is 55.4 Å². The van der Waals surface area contributed by atoms with Crippen molar-refractivity contribution in [1.82, 2.24) is 0 Å². The zero-order chi connectivity index (χ0) is 22.0. The van der Waals surface area contributed by atoms with Crippen LogP contribution in [-0.2, 0) is 41.6 Å². The zero-order valence-corrected chi connectivity index (χ0v) is 18.7. The molecule has 6 atom stereocenters. The van der Waals surface area contributed by atoms with Crippen molar-refractivity contribution in [1.29, 1.82) is 0 Å². The van der Waals surface area contributed by atoms with Crippen LogP contribution in [0.25, 0.3) is 0 Å². The van der Waals surface area contributed by atoms with Crippen LogP contribution in [-0.4, -0.2) is 49.2 Å². The second-order valence-electron chi connectivity index (χ2n) is 9.21. The summed E-state index contributed by atoms with van der Waals surface area (Å²) >= 11 is 0. The van der Waals surface area contributed by atoms with E-state index in [1.807, 2.05) is 50.2 Å². The number of hydrogen-bond acceptors (Lipinski definition) is 6. The smallest absolute Gasteiger partial charge is 0.190 e. The van der Waals surface area contributed by atoms with E-state index in [1.54, 1.807) is 0 Å². The van der Waals surface area contributed by atoms with E-state index in [1.165, 1.54) is 5.56 Å². The van der Waals surface area contributed by atoms with Gasteiger partial charge in [0.05, 0.1) is 32.0 Å². The van der Waals surface area contributed by atoms with E-state index < -0.39 is 12.1 Å². The van der Waals surface area contributed by atoms with Crippen LogP contribution in [0.5, 0.6) is 0 Å². The van der Waals surface area contributed by atoms with Crippen LogP contribution in [0, 0.1) is 0 Å². The molecule has 0 aromatic heterocycles. The van der Waals surface area contributed by atoms with Gasteiger partial charge in [-0.25, -0.2) is 0 Å². The molecule has 0 radical (unpaired) electrons. The average molecular weight is 441 g/mol. The molecular formula is C26H32O6. The Morgan fingerprint density at radius 1 is 0.812 bits per heavy atom. The maximum Gasteiger partial charge on any atom is 0.190 e. The van der Waals surface area contributed by atoms with E-state index in [2.05, 4.69) is 24.3 Å². The van der Waals surface area contributed by atoms with Crippen LogP contribution in [0.2, 0.25) is 0 Å². The molecule has 2 aromatic carbocycles. The summed E-state index contributed by atoms with van der Waals surface area (Å²) in [6, 6.07) is 20.4. The maximum absolute atomic E-state index is 6.35. The second-order valence-corrected chi connectivity index (χ2v) is 9.21. The van der Waals surface area contributed by atoms with Crippen molar-refractivity contribution in [3.63, 3.8) is 0 Å². The van der Waals surface area contributed by atoms with Gasteiger partial charge in [-0.15, -0.1) is 0 Å². The fourth-order valence-corrected chi connectivity index (χ4v) is 4.74. The first-order valence-corrected chi connectivity index (χ1v) is 11.5. The van der Waals surface area contributed by atoms with Gasteiger partial charge in [-0.2, -0.15) is 0 Å². The molecular weight excluding hydrogens is 408 g/mol. The number of fused-ring (bicyclic) bond motifs is 1. The van der Waals surface area contributed by atoms with Crippen LogP contribution < -0.4 is 0 Å². The standard InChI is InChI=1S/C26H32O6/c1-26(2)31-24-23(28-16-19-11-7-4-8-12-19)22(30-25(24)32-26)21-14-13-20(29-21)17-27-15-18-9-5-3-6-10-18/h3-12,20-25H,13-17H2,1-2H3/t20-,21+,22-,23+,24-,25-/m1/s1. The first-order chi connectivity index (χ1) is 15.6. The van der Waals surface area contributed by atoms with Crippen LogP contribution in [0.3, 0.4) is 0 Å². The van der Waals surface area contributed by atoms with Crippen molar-refractivity contribution >= 4 is 0 Å². The molecule has 3 aliphatic rings.